The van der Waals surface area contributed by atoms with E-state index >= 15 is 0 Å². The molecule has 2 aromatic carbocycles. The molecule has 0 aromatic heterocycles. The number of alkyl halides is 1. The van der Waals surface area contributed by atoms with Gasteiger partial charge in [0.1, 0.15) is 5.50 Å². The molecule has 19 heavy (non-hydrogen) atoms. The second-order valence-corrected chi connectivity index (χ2v) is 5.03. The standard InChI is InChI=1S/C16H18ClNO/c1-12(19)16(17)18-15(13-8-4-2-5-9-13)14-10-6-3-7-11-14/h2-12,15-16,18-19H,1H3. The Morgan fingerprint density at radius 2 is 1.32 bits per heavy atom. The lowest BCUT2D eigenvalue weighted by Gasteiger charge is -2.24. The number of hydrogen-bond acceptors (Lipinski definition) is 2. The molecule has 2 N–H and O–H groups in total. The van der Waals surface area contributed by atoms with Crippen molar-refractivity contribution in [3.05, 3.63) is 71.8 Å². The molecule has 0 heterocycles. The molecule has 0 radical (unpaired) electrons. The van der Waals surface area contributed by atoms with E-state index in [1.54, 1.807) is 6.92 Å². The summed E-state index contributed by atoms with van der Waals surface area (Å²) >= 11 is 6.15. The van der Waals surface area contributed by atoms with E-state index < -0.39 is 11.6 Å². The van der Waals surface area contributed by atoms with E-state index in [1.165, 1.54) is 0 Å². The van der Waals surface area contributed by atoms with Crippen molar-refractivity contribution in [1.29, 1.82) is 0 Å². The number of aliphatic hydroxyl groups excluding tert-OH is 1. The number of nitrogens with one attached hydrogen (secondary N) is 1. The van der Waals surface area contributed by atoms with Gasteiger partial charge < -0.3 is 5.11 Å². The summed E-state index contributed by atoms with van der Waals surface area (Å²) in [6, 6.07) is 20.1. The van der Waals surface area contributed by atoms with Crippen LogP contribution in [-0.4, -0.2) is 16.7 Å². The highest BCUT2D eigenvalue weighted by molar-refractivity contribution is 6.20. The van der Waals surface area contributed by atoms with E-state index in [2.05, 4.69) is 29.6 Å². The van der Waals surface area contributed by atoms with Gasteiger partial charge in [-0.25, -0.2) is 0 Å². The lowest BCUT2D eigenvalue weighted by Crippen LogP contribution is -2.36. The van der Waals surface area contributed by atoms with Crippen LogP contribution >= 0.6 is 11.6 Å². The molecule has 2 atom stereocenters. The van der Waals surface area contributed by atoms with Crippen LogP contribution in [0.1, 0.15) is 24.1 Å². The molecule has 0 aliphatic rings. The van der Waals surface area contributed by atoms with Gasteiger partial charge in [0.05, 0.1) is 12.1 Å². The van der Waals surface area contributed by atoms with Crippen molar-refractivity contribution in [3.63, 3.8) is 0 Å². The Kier molecular flexibility index (Phi) is 4.97. The molecular weight excluding hydrogens is 258 g/mol. The summed E-state index contributed by atoms with van der Waals surface area (Å²) in [6.07, 6.45) is -0.614. The van der Waals surface area contributed by atoms with Gasteiger partial charge in [-0.2, -0.15) is 0 Å². The average molecular weight is 276 g/mol. The third-order valence-electron chi connectivity index (χ3n) is 3.02. The zero-order valence-corrected chi connectivity index (χ0v) is 11.6. The van der Waals surface area contributed by atoms with Crippen molar-refractivity contribution in [2.75, 3.05) is 0 Å². The van der Waals surface area contributed by atoms with Crippen LogP contribution in [0.2, 0.25) is 0 Å². The smallest absolute Gasteiger partial charge is 0.109 e. The van der Waals surface area contributed by atoms with Gasteiger partial charge in [-0.3, -0.25) is 5.32 Å². The first-order chi connectivity index (χ1) is 9.18. The van der Waals surface area contributed by atoms with Crippen molar-refractivity contribution in [3.8, 4) is 0 Å². The summed E-state index contributed by atoms with van der Waals surface area (Å²) in [5.41, 5.74) is 1.76. The van der Waals surface area contributed by atoms with Gasteiger partial charge in [0.15, 0.2) is 0 Å². The molecule has 0 amide bonds. The lowest BCUT2D eigenvalue weighted by molar-refractivity contribution is 0.173. The number of halogens is 1. The minimum atomic E-state index is -0.614. The molecule has 0 saturated carbocycles. The molecule has 2 rings (SSSR count). The molecule has 0 aliphatic heterocycles. The Labute approximate surface area is 119 Å². The number of rotatable bonds is 5. The quantitative estimate of drug-likeness (QED) is 0.648. The highest BCUT2D eigenvalue weighted by Gasteiger charge is 2.19. The molecule has 0 saturated heterocycles. The van der Waals surface area contributed by atoms with Crippen molar-refractivity contribution >= 4 is 11.6 Å². The van der Waals surface area contributed by atoms with Gasteiger partial charge in [-0.05, 0) is 18.1 Å². The predicted molar refractivity (Wildman–Crippen MR) is 79.2 cm³/mol. The molecule has 0 aliphatic carbocycles. The van der Waals surface area contributed by atoms with Crippen LogP contribution in [0.4, 0.5) is 0 Å². The van der Waals surface area contributed by atoms with Gasteiger partial charge >= 0.3 is 0 Å². The average Bonchev–Trinajstić information content (AvgIpc) is 2.46. The molecule has 0 spiro atoms. The Bertz CT molecular complexity index is 447. The van der Waals surface area contributed by atoms with Crippen LogP contribution < -0.4 is 5.32 Å². The molecular formula is C16H18ClNO. The minimum Gasteiger partial charge on any atom is -0.390 e. The first-order valence-corrected chi connectivity index (χ1v) is 6.80. The SMILES string of the molecule is CC(O)C(Cl)NC(c1ccccc1)c1ccccc1. The predicted octanol–water partition coefficient (Wildman–Crippen LogP) is 3.31. The highest BCUT2D eigenvalue weighted by atomic mass is 35.5. The molecule has 2 nitrogen and oxygen atoms in total. The largest absolute Gasteiger partial charge is 0.390 e. The maximum Gasteiger partial charge on any atom is 0.109 e. The highest BCUT2D eigenvalue weighted by Crippen LogP contribution is 2.23. The van der Waals surface area contributed by atoms with Crippen LogP contribution in [0.3, 0.4) is 0 Å². The van der Waals surface area contributed by atoms with Crippen molar-refractivity contribution < 1.29 is 5.11 Å². The fourth-order valence-corrected chi connectivity index (χ4v) is 2.10. The zero-order valence-electron chi connectivity index (χ0n) is 10.8. The lowest BCUT2D eigenvalue weighted by atomic mass is 9.98. The monoisotopic (exact) mass is 275 g/mol. The van der Waals surface area contributed by atoms with E-state index in [0.717, 1.165) is 11.1 Å². The van der Waals surface area contributed by atoms with Crippen LogP contribution in [-0.2, 0) is 0 Å². The summed E-state index contributed by atoms with van der Waals surface area (Å²) < 4.78 is 0. The summed E-state index contributed by atoms with van der Waals surface area (Å²) in [7, 11) is 0. The molecule has 2 aromatic rings. The molecule has 2 unspecified atom stereocenters. The summed E-state index contributed by atoms with van der Waals surface area (Å²) in [5.74, 6) is 0. The van der Waals surface area contributed by atoms with Gasteiger partial charge in [0, 0.05) is 0 Å². The van der Waals surface area contributed by atoms with E-state index in [0.29, 0.717) is 0 Å². The van der Waals surface area contributed by atoms with E-state index in [4.69, 9.17) is 11.6 Å². The second-order valence-electron chi connectivity index (χ2n) is 4.56. The van der Waals surface area contributed by atoms with Gasteiger partial charge in [0.25, 0.3) is 0 Å². The van der Waals surface area contributed by atoms with Crippen LogP contribution in [0.15, 0.2) is 60.7 Å². The fraction of sp³-hybridized carbons (Fsp3) is 0.250. The van der Waals surface area contributed by atoms with Crippen LogP contribution in [0.25, 0.3) is 0 Å². The van der Waals surface area contributed by atoms with Crippen molar-refractivity contribution in [1.82, 2.24) is 5.32 Å². The van der Waals surface area contributed by atoms with E-state index in [1.807, 2.05) is 36.4 Å². The first kappa shape index (κ1) is 14.1. The number of benzene rings is 2. The van der Waals surface area contributed by atoms with E-state index in [9.17, 15) is 5.11 Å². The molecule has 100 valence electrons. The van der Waals surface area contributed by atoms with Gasteiger partial charge in [0.2, 0.25) is 0 Å². The summed E-state index contributed by atoms with van der Waals surface area (Å²) in [4.78, 5) is 0. The van der Waals surface area contributed by atoms with Crippen LogP contribution in [0, 0.1) is 0 Å². The first-order valence-electron chi connectivity index (χ1n) is 6.36. The van der Waals surface area contributed by atoms with Gasteiger partial charge in [-0.1, -0.05) is 60.7 Å². The Morgan fingerprint density at radius 3 is 1.68 bits per heavy atom. The number of aliphatic hydroxyl groups is 1. The topological polar surface area (TPSA) is 32.3 Å². The van der Waals surface area contributed by atoms with E-state index in [-0.39, 0.29) is 6.04 Å². The summed E-state index contributed by atoms with van der Waals surface area (Å²) in [6.45, 7) is 1.68. The van der Waals surface area contributed by atoms with Crippen LogP contribution in [0.5, 0.6) is 0 Å². The van der Waals surface area contributed by atoms with Crippen molar-refractivity contribution in [2.24, 2.45) is 0 Å². The Morgan fingerprint density at radius 1 is 0.895 bits per heavy atom. The number of hydrogen-bond donors (Lipinski definition) is 2. The molecule has 3 heteroatoms. The van der Waals surface area contributed by atoms with Crippen molar-refractivity contribution in [2.45, 2.75) is 24.6 Å². The zero-order chi connectivity index (χ0) is 13.7. The Balaban J connectivity index is 2.29. The minimum absolute atomic E-state index is 0.0282. The maximum absolute atomic E-state index is 9.57. The maximum atomic E-state index is 9.57. The molecule has 0 fully saturated rings. The molecule has 0 bridgehead atoms. The third kappa shape index (κ3) is 3.80. The Hall–Kier alpha value is -1.35. The normalized spacial score (nSPS) is 14.3. The summed E-state index contributed by atoms with van der Waals surface area (Å²) in [5, 5.41) is 12.8. The fourth-order valence-electron chi connectivity index (χ4n) is 1.97. The second kappa shape index (κ2) is 6.71. The third-order valence-corrected chi connectivity index (χ3v) is 3.51. The van der Waals surface area contributed by atoms with Gasteiger partial charge in [-0.15, -0.1) is 11.6 Å².